The summed E-state index contributed by atoms with van der Waals surface area (Å²) < 4.78 is 13.2. The highest BCUT2D eigenvalue weighted by Gasteiger charge is 2.29. The highest BCUT2D eigenvalue weighted by molar-refractivity contribution is 5.79. The van der Waals surface area contributed by atoms with E-state index in [1.165, 1.54) is 18.2 Å². The number of H-pyrrole nitrogens is 1. The van der Waals surface area contributed by atoms with E-state index < -0.39 is 0 Å². The maximum atomic E-state index is 13.2. The largest absolute Gasteiger partial charge is 0.352 e. The Balaban J connectivity index is 1.75. The maximum absolute atomic E-state index is 13.2. The predicted molar refractivity (Wildman–Crippen MR) is 83.6 cm³/mol. The first-order valence-corrected chi connectivity index (χ1v) is 7.35. The monoisotopic (exact) mass is 316 g/mol. The molecule has 0 saturated carbocycles. The zero-order valence-electron chi connectivity index (χ0n) is 12.7. The van der Waals surface area contributed by atoms with Gasteiger partial charge in [-0.05, 0) is 17.7 Å². The summed E-state index contributed by atoms with van der Waals surface area (Å²) in [4.78, 5) is 32.1. The van der Waals surface area contributed by atoms with E-state index in [0.29, 0.717) is 31.2 Å². The molecule has 2 heterocycles. The normalized spacial score (nSPS) is 17.6. The first kappa shape index (κ1) is 15.2. The van der Waals surface area contributed by atoms with Crippen molar-refractivity contribution in [3.05, 3.63) is 57.8 Å². The predicted octanol–water partition coefficient (Wildman–Crippen LogP) is 1.47. The second-order valence-corrected chi connectivity index (χ2v) is 5.68. The first-order valence-electron chi connectivity index (χ1n) is 7.35. The highest BCUT2D eigenvalue weighted by Crippen LogP contribution is 2.25. The molecule has 1 atom stereocenters. The maximum Gasteiger partial charge on any atom is 0.252 e. The third kappa shape index (κ3) is 3.56. The molecular formula is C16H17FN4O2. The standard InChI is InChI=1S/C16H17FN4O2/c1-21-9-11(6-15(21)23)13-7-14(22)20-16(19-13)18-8-10-3-2-4-12(17)5-10/h2-5,7,11H,6,8-9H2,1H3,(H2,18,19,20,22)/t11-/m0/s1. The lowest BCUT2D eigenvalue weighted by atomic mass is 10.0. The number of hydrogen-bond donors (Lipinski definition) is 2. The highest BCUT2D eigenvalue weighted by atomic mass is 19.1. The van der Waals surface area contributed by atoms with Crippen molar-refractivity contribution in [2.24, 2.45) is 0 Å². The molecule has 0 aliphatic carbocycles. The van der Waals surface area contributed by atoms with Crippen LogP contribution in [0.2, 0.25) is 0 Å². The summed E-state index contributed by atoms with van der Waals surface area (Å²) in [6.07, 6.45) is 0.357. The first-order chi connectivity index (χ1) is 11.0. The van der Waals surface area contributed by atoms with E-state index in [1.807, 2.05) is 0 Å². The van der Waals surface area contributed by atoms with Gasteiger partial charge in [-0.15, -0.1) is 0 Å². The van der Waals surface area contributed by atoms with Crippen molar-refractivity contribution < 1.29 is 9.18 Å². The fraction of sp³-hybridized carbons (Fsp3) is 0.312. The smallest absolute Gasteiger partial charge is 0.252 e. The van der Waals surface area contributed by atoms with Crippen LogP contribution in [0.3, 0.4) is 0 Å². The zero-order valence-corrected chi connectivity index (χ0v) is 12.7. The molecule has 2 aromatic rings. The molecule has 1 aliphatic rings. The molecule has 0 spiro atoms. The third-order valence-electron chi connectivity index (χ3n) is 3.87. The number of nitrogens with zero attached hydrogens (tertiary/aromatic N) is 2. The fourth-order valence-electron chi connectivity index (χ4n) is 2.66. The summed E-state index contributed by atoms with van der Waals surface area (Å²) in [5.74, 6) is -0.0263. The van der Waals surface area contributed by atoms with Crippen LogP contribution in [0.25, 0.3) is 0 Å². The van der Waals surface area contributed by atoms with Gasteiger partial charge in [0.15, 0.2) is 0 Å². The van der Waals surface area contributed by atoms with Crippen molar-refractivity contribution in [1.29, 1.82) is 0 Å². The Hall–Kier alpha value is -2.70. The molecule has 120 valence electrons. The molecule has 1 saturated heterocycles. The van der Waals surface area contributed by atoms with Crippen molar-refractivity contribution in [3.8, 4) is 0 Å². The average molecular weight is 316 g/mol. The average Bonchev–Trinajstić information content (AvgIpc) is 2.84. The van der Waals surface area contributed by atoms with Gasteiger partial charge in [-0.3, -0.25) is 14.6 Å². The van der Waals surface area contributed by atoms with Crippen molar-refractivity contribution in [1.82, 2.24) is 14.9 Å². The molecule has 0 unspecified atom stereocenters. The molecule has 6 nitrogen and oxygen atoms in total. The van der Waals surface area contributed by atoms with Crippen LogP contribution in [0.4, 0.5) is 10.3 Å². The molecule has 1 aliphatic heterocycles. The second-order valence-electron chi connectivity index (χ2n) is 5.68. The van der Waals surface area contributed by atoms with E-state index in [4.69, 9.17) is 0 Å². The van der Waals surface area contributed by atoms with Gasteiger partial charge in [-0.2, -0.15) is 0 Å². The minimum absolute atomic E-state index is 0.0475. The summed E-state index contributed by atoms with van der Waals surface area (Å²) in [5, 5.41) is 2.98. The number of amides is 1. The number of carbonyl (C=O) groups is 1. The lowest BCUT2D eigenvalue weighted by Crippen LogP contribution is -2.20. The summed E-state index contributed by atoms with van der Waals surface area (Å²) >= 11 is 0. The number of likely N-dealkylation sites (tertiary alicyclic amines) is 1. The Labute approximate surface area is 132 Å². The van der Waals surface area contributed by atoms with Gasteiger partial charge in [0.1, 0.15) is 5.82 Å². The van der Waals surface area contributed by atoms with Crippen LogP contribution < -0.4 is 10.9 Å². The topological polar surface area (TPSA) is 78.1 Å². The molecular weight excluding hydrogens is 299 g/mol. The Kier molecular flexibility index (Phi) is 4.10. The Bertz CT molecular complexity index is 790. The Morgan fingerprint density at radius 3 is 2.91 bits per heavy atom. The van der Waals surface area contributed by atoms with Gasteiger partial charge >= 0.3 is 0 Å². The lowest BCUT2D eigenvalue weighted by Gasteiger charge is -2.11. The van der Waals surface area contributed by atoms with Crippen LogP contribution >= 0.6 is 0 Å². The number of likely N-dealkylation sites (N-methyl/N-ethyl adjacent to an activating group) is 1. The van der Waals surface area contributed by atoms with Crippen molar-refractivity contribution >= 4 is 11.9 Å². The van der Waals surface area contributed by atoms with Gasteiger partial charge < -0.3 is 10.2 Å². The molecule has 3 rings (SSSR count). The number of anilines is 1. The summed E-state index contributed by atoms with van der Waals surface area (Å²) in [7, 11) is 1.73. The van der Waals surface area contributed by atoms with Gasteiger partial charge in [-0.25, -0.2) is 9.37 Å². The fourth-order valence-corrected chi connectivity index (χ4v) is 2.66. The van der Waals surface area contributed by atoms with Crippen molar-refractivity contribution in [2.75, 3.05) is 18.9 Å². The molecule has 23 heavy (non-hydrogen) atoms. The van der Waals surface area contributed by atoms with Gasteiger partial charge in [0.25, 0.3) is 5.56 Å². The molecule has 1 fully saturated rings. The second kappa shape index (κ2) is 6.20. The van der Waals surface area contributed by atoms with E-state index in [2.05, 4.69) is 15.3 Å². The van der Waals surface area contributed by atoms with E-state index in [-0.39, 0.29) is 23.2 Å². The van der Waals surface area contributed by atoms with Crippen LogP contribution in [0.5, 0.6) is 0 Å². The number of hydrogen-bond acceptors (Lipinski definition) is 4. The summed E-state index contributed by atoms with van der Waals surface area (Å²) in [5.41, 5.74) is 1.06. The quantitative estimate of drug-likeness (QED) is 0.895. The van der Waals surface area contributed by atoms with E-state index in [1.54, 1.807) is 24.1 Å². The third-order valence-corrected chi connectivity index (χ3v) is 3.87. The van der Waals surface area contributed by atoms with E-state index >= 15 is 0 Å². The van der Waals surface area contributed by atoms with E-state index in [9.17, 15) is 14.0 Å². The minimum Gasteiger partial charge on any atom is -0.352 e. The summed E-state index contributed by atoms with van der Waals surface area (Å²) in [6, 6.07) is 7.61. The lowest BCUT2D eigenvalue weighted by molar-refractivity contribution is -0.126. The zero-order chi connectivity index (χ0) is 16.4. The molecule has 2 N–H and O–H groups in total. The molecule has 1 aromatic heterocycles. The van der Waals surface area contributed by atoms with E-state index in [0.717, 1.165) is 5.56 Å². The Morgan fingerprint density at radius 1 is 1.39 bits per heavy atom. The number of halogens is 1. The van der Waals surface area contributed by atoms with Crippen molar-refractivity contribution in [2.45, 2.75) is 18.9 Å². The number of carbonyl (C=O) groups excluding carboxylic acids is 1. The molecule has 1 aromatic carbocycles. The number of nitrogens with one attached hydrogen (secondary N) is 2. The molecule has 1 amide bonds. The number of aromatic amines is 1. The van der Waals surface area contributed by atoms with Crippen LogP contribution in [0, 0.1) is 5.82 Å². The SMILES string of the molecule is CN1C[C@@H](c2cc(=O)[nH]c(NCc3cccc(F)c3)n2)CC1=O. The number of benzene rings is 1. The van der Waals surface area contributed by atoms with Crippen LogP contribution in [-0.4, -0.2) is 34.4 Å². The summed E-state index contributed by atoms with van der Waals surface area (Å²) in [6.45, 7) is 0.895. The van der Waals surface area contributed by atoms with Crippen LogP contribution in [0.15, 0.2) is 35.1 Å². The molecule has 7 heteroatoms. The number of aromatic nitrogens is 2. The van der Waals surface area contributed by atoms with Gasteiger partial charge in [-0.1, -0.05) is 12.1 Å². The van der Waals surface area contributed by atoms with Gasteiger partial charge in [0.05, 0.1) is 5.69 Å². The van der Waals surface area contributed by atoms with Gasteiger partial charge in [0.2, 0.25) is 11.9 Å². The van der Waals surface area contributed by atoms with Crippen LogP contribution in [0.1, 0.15) is 23.6 Å². The number of rotatable bonds is 4. The van der Waals surface area contributed by atoms with Crippen LogP contribution in [-0.2, 0) is 11.3 Å². The minimum atomic E-state index is -0.313. The molecule has 0 bridgehead atoms. The van der Waals surface area contributed by atoms with Crippen molar-refractivity contribution in [3.63, 3.8) is 0 Å². The van der Waals surface area contributed by atoms with Gasteiger partial charge in [0, 0.05) is 38.5 Å². The Morgan fingerprint density at radius 2 is 2.22 bits per heavy atom. The molecule has 0 radical (unpaired) electrons.